The summed E-state index contributed by atoms with van der Waals surface area (Å²) in [5, 5.41) is 11.0. The predicted octanol–water partition coefficient (Wildman–Crippen LogP) is 2.96. The number of amides is 1. The van der Waals surface area contributed by atoms with Crippen LogP contribution in [0, 0.1) is 0 Å². The highest BCUT2D eigenvalue weighted by atomic mass is 19.4. The summed E-state index contributed by atoms with van der Waals surface area (Å²) in [6.07, 6.45) is -2.98. The Hall–Kier alpha value is -2.25. The minimum atomic E-state index is -4.81. The number of unbranched alkanes of at least 4 members (excludes halogenated alkanes) is 2. The van der Waals surface area contributed by atoms with Gasteiger partial charge in [0.25, 0.3) is 5.91 Å². The average Bonchev–Trinajstić information content (AvgIpc) is 2.40. The monoisotopic (exact) mass is 319 g/mol. The molecule has 1 aromatic carbocycles. The van der Waals surface area contributed by atoms with Crippen LogP contribution in [0.15, 0.2) is 24.3 Å². The summed E-state index contributed by atoms with van der Waals surface area (Å²) in [6.45, 7) is 0.322. The Balaban J connectivity index is 2.39. The van der Waals surface area contributed by atoms with Gasteiger partial charge in [0.15, 0.2) is 0 Å². The van der Waals surface area contributed by atoms with Crippen molar-refractivity contribution >= 4 is 11.9 Å². The summed E-state index contributed by atoms with van der Waals surface area (Å²) in [4.78, 5) is 22.1. The molecule has 1 aromatic rings. The van der Waals surface area contributed by atoms with Crippen molar-refractivity contribution in [2.24, 2.45) is 0 Å². The molecule has 0 aromatic heterocycles. The van der Waals surface area contributed by atoms with Gasteiger partial charge in [-0.3, -0.25) is 9.59 Å². The third kappa shape index (κ3) is 7.51. The van der Waals surface area contributed by atoms with Crippen molar-refractivity contribution in [1.82, 2.24) is 5.32 Å². The summed E-state index contributed by atoms with van der Waals surface area (Å²) < 4.78 is 40.0. The number of nitrogens with one attached hydrogen (secondary N) is 1. The van der Waals surface area contributed by atoms with Crippen molar-refractivity contribution < 1.29 is 32.6 Å². The Morgan fingerprint density at radius 2 is 1.91 bits per heavy atom. The number of ether oxygens (including phenoxy) is 1. The lowest BCUT2D eigenvalue weighted by Gasteiger charge is -2.10. The lowest BCUT2D eigenvalue weighted by Crippen LogP contribution is -2.24. The Kier molecular flexibility index (Phi) is 6.68. The van der Waals surface area contributed by atoms with Gasteiger partial charge in [-0.2, -0.15) is 0 Å². The molecule has 1 rings (SSSR count). The number of carboxylic acid groups (broad SMARTS) is 1. The molecule has 8 heteroatoms. The molecule has 122 valence electrons. The average molecular weight is 319 g/mol. The quantitative estimate of drug-likeness (QED) is 0.722. The number of halogens is 3. The van der Waals surface area contributed by atoms with Crippen LogP contribution in [0.25, 0.3) is 0 Å². The number of carboxylic acids is 1. The maximum Gasteiger partial charge on any atom is 0.573 e. The van der Waals surface area contributed by atoms with Crippen molar-refractivity contribution in [3.63, 3.8) is 0 Å². The summed E-state index contributed by atoms with van der Waals surface area (Å²) in [5.41, 5.74) is 0.0623. The molecule has 0 saturated carbocycles. The zero-order valence-electron chi connectivity index (χ0n) is 11.7. The number of hydrogen-bond acceptors (Lipinski definition) is 3. The number of rotatable bonds is 8. The van der Waals surface area contributed by atoms with E-state index < -0.39 is 24.0 Å². The molecular formula is C14H16F3NO4. The molecule has 0 heterocycles. The van der Waals surface area contributed by atoms with E-state index in [0.717, 1.165) is 12.1 Å². The third-order valence-corrected chi connectivity index (χ3v) is 2.68. The van der Waals surface area contributed by atoms with Crippen molar-refractivity contribution in [3.05, 3.63) is 29.8 Å². The summed E-state index contributed by atoms with van der Waals surface area (Å²) in [5.74, 6) is -1.84. The van der Waals surface area contributed by atoms with Gasteiger partial charge in [-0.05, 0) is 31.0 Å². The van der Waals surface area contributed by atoms with Gasteiger partial charge in [0.2, 0.25) is 0 Å². The second kappa shape index (κ2) is 8.26. The normalized spacial score (nSPS) is 11.0. The molecule has 5 nitrogen and oxygen atoms in total. The molecule has 1 amide bonds. The Bertz CT molecular complexity index is 517. The van der Waals surface area contributed by atoms with Crippen molar-refractivity contribution in [2.45, 2.75) is 32.0 Å². The van der Waals surface area contributed by atoms with Gasteiger partial charge in [0, 0.05) is 18.5 Å². The van der Waals surface area contributed by atoms with Crippen LogP contribution >= 0.6 is 0 Å². The van der Waals surface area contributed by atoms with E-state index in [9.17, 15) is 22.8 Å². The molecule has 0 saturated heterocycles. The third-order valence-electron chi connectivity index (χ3n) is 2.68. The highest BCUT2D eigenvalue weighted by Crippen LogP contribution is 2.23. The number of aliphatic carboxylic acids is 1. The van der Waals surface area contributed by atoms with Crippen molar-refractivity contribution in [1.29, 1.82) is 0 Å². The van der Waals surface area contributed by atoms with E-state index in [-0.39, 0.29) is 12.0 Å². The molecule has 0 aliphatic rings. The van der Waals surface area contributed by atoms with Gasteiger partial charge in [-0.15, -0.1) is 13.2 Å². The molecule has 22 heavy (non-hydrogen) atoms. The number of alkyl halides is 3. The van der Waals surface area contributed by atoms with E-state index in [1.54, 1.807) is 0 Å². The smallest absolute Gasteiger partial charge is 0.481 e. The first-order valence-electron chi connectivity index (χ1n) is 6.64. The maximum absolute atomic E-state index is 12.1. The number of benzene rings is 1. The highest BCUT2D eigenvalue weighted by Gasteiger charge is 2.31. The van der Waals surface area contributed by atoms with Crippen LogP contribution in [0.4, 0.5) is 13.2 Å². The topological polar surface area (TPSA) is 75.6 Å². The summed E-state index contributed by atoms with van der Waals surface area (Å²) in [7, 11) is 0. The fraction of sp³-hybridized carbons (Fsp3) is 0.429. The SMILES string of the molecule is O=C(O)CCCCCNC(=O)c1cccc(OC(F)(F)F)c1. The molecule has 0 bridgehead atoms. The van der Waals surface area contributed by atoms with Crippen LogP contribution in [-0.4, -0.2) is 29.9 Å². The van der Waals surface area contributed by atoms with E-state index in [2.05, 4.69) is 10.1 Å². The van der Waals surface area contributed by atoms with Crippen LogP contribution in [0.5, 0.6) is 5.75 Å². The highest BCUT2D eigenvalue weighted by molar-refractivity contribution is 5.94. The predicted molar refractivity (Wildman–Crippen MR) is 71.6 cm³/mol. The minimum absolute atomic E-state index is 0.0623. The maximum atomic E-state index is 12.1. The van der Waals surface area contributed by atoms with Gasteiger partial charge < -0.3 is 15.2 Å². The van der Waals surface area contributed by atoms with E-state index >= 15 is 0 Å². The Labute approximate surface area is 125 Å². The molecule has 0 atom stereocenters. The second-order valence-electron chi connectivity index (χ2n) is 4.54. The van der Waals surface area contributed by atoms with Crippen LogP contribution in [-0.2, 0) is 4.79 Å². The fourth-order valence-electron chi connectivity index (χ4n) is 1.72. The Morgan fingerprint density at radius 1 is 1.18 bits per heavy atom. The second-order valence-corrected chi connectivity index (χ2v) is 4.54. The van der Waals surface area contributed by atoms with Gasteiger partial charge in [0.05, 0.1) is 0 Å². The van der Waals surface area contributed by atoms with Crippen LogP contribution in [0.3, 0.4) is 0 Å². The molecule has 0 unspecified atom stereocenters. The summed E-state index contributed by atoms with van der Waals surface area (Å²) in [6, 6.07) is 4.79. The number of carbonyl (C=O) groups is 2. The van der Waals surface area contributed by atoms with E-state index in [4.69, 9.17) is 5.11 Å². The van der Waals surface area contributed by atoms with Crippen molar-refractivity contribution in [2.75, 3.05) is 6.54 Å². The van der Waals surface area contributed by atoms with Gasteiger partial charge in [0.1, 0.15) is 5.75 Å². The zero-order chi connectivity index (χ0) is 16.6. The molecule has 0 aliphatic heterocycles. The number of hydrogen-bond donors (Lipinski definition) is 2. The van der Waals surface area contributed by atoms with Gasteiger partial charge >= 0.3 is 12.3 Å². The summed E-state index contributed by atoms with van der Waals surface area (Å²) >= 11 is 0. The van der Waals surface area contributed by atoms with Gasteiger partial charge in [-0.25, -0.2) is 0 Å². The molecule has 0 fully saturated rings. The zero-order valence-corrected chi connectivity index (χ0v) is 11.7. The Morgan fingerprint density at radius 3 is 2.55 bits per heavy atom. The molecular weight excluding hydrogens is 303 g/mol. The molecule has 0 aliphatic carbocycles. The first-order chi connectivity index (χ1) is 10.3. The molecule has 0 radical (unpaired) electrons. The van der Waals surface area contributed by atoms with Crippen LogP contribution < -0.4 is 10.1 Å². The minimum Gasteiger partial charge on any atom is -0.481 e. The van der Waals surface area contributed by atoms with Gasteiger partial charge in [-0.1, -0.05) is 12.5 Å². The molecule has 2 N–H and O–H groups in total. The first-order valence-corrected chi connectivity index (χ1v) is 6.64. The standard InChI is InChI=1S/C14H16F3NO4/c15-14(16,17)22-11-6-4-5-10(9-11)13(21)18-8-3-1-2-7-12(19)20/h4-6,9H,1-3,7-8H2,(H,18,21)(H,19,20). The van der Waals surface area contributed by atoms with Crippen LogP contribution in [0.1, 0.15) is 36.0 Å². The lowest BCUT2D eigenvalue weighted by atomic mass is 10.1. The van der Waals surface area contributed by atoms with E-state index in [1.165, 1.54) is 12.1 Å². The van der Waals surface area contributed by atoms with E-state index in [1.807, 2.05) is 0 Å². The van der Waals surface area contributed by atoms with Crippen molar-refractivity contribution in [3.8, 4) is 5.75 Å². The van der Waals surface area contributed by atoms with Crippen LogP contribution in [0.2, 0.25) is 0 Å². The lowest BCUT2D eigenvalue weighted by molar-refractivity contribution is -0.274. The first kappa shape index (κ1) is 17.8. The van der Waals surface area contributed by atoms with E-state index in [0.29, 0.717) is 25.8 Å². The fourth-order valence-corrected chi connectivity index (χ4v) is 1.72. The molecule has 0 spiro atoms. The number of carbonyl (C=O) groups excluding carboxylic acids is 1. The largest absolute Gasteiger partial charge is 0.573 e.